The summed E-state index contributed by atoms with van der Waals surface area (Å²) in [7, 11) is 0. The lowest BCUT2D eigenvalue weighted by Gasteiger charge is -2.20. The summed E-state index contributed by atoms with van der Waals surface area (Å²) in [5.41, 5.74) is 3.94. The van der Waals surface area contributed by atoms with E-state index in [1.807, 2.05) is 0 Å². The molecule has 0 saturated heterocycles. The molecule has 0 aromatic heterocycles. The van der Waals surface area contributed by atoms with Crippen LogP contribution in [0, 0.1) is 0 Å². The van der Waals surface area contributed by atoms with Crippen LogP contribution in [0.15, 0.2) is 0 Å². The van der Waals surface area contributed by atoms with Gasteiger partial charge in [0.25, 0.3) is 0 Å². The van der Waals surface area contributed by atoms with E-state index >= 15 is 0 Å². The Labute approximate surface area is 64.4 Å². The molecule has 0 unspecified atom stereocenters. The van der Waals surface area contributed by atoms with Crippen molar-refractivity contribution in [3.63, 3.8) is 0 Å². The summed E-state index contributed by atoms with van der Waals surface area (Å²) >= 11 is 0. The van der Waals surface area contributed by atoms with Crippen molar-refractivity contribution in [3.8, 4) is 0 Å². The summed E-state index contributed by atoms with van der Waals surface area (Å²) < 4.78 is 0. The monoisotopic (exact) mass is 151 g/mol. The second kappa shape index (κ2) is 5.18. The quantitative estimate of drug-likeness (QED) is 0.315. The zero-order chi connectivity index (χ0) is 6.62. The lowest BCUT2D eigenvalue weighted by atomic mass is 10.1. The van der Waals surface area contributed by atoms with E-state index in [2.05, 4.69) is 0 Å². The molecule has 0 amide bonds. The Kier molecular flexibility index (Phi) is 6.96. The number of aliphatic hydroxyl groups excluding tert-OH is 3. The van der Waals surface area contributed by atoms with Crippen LogP contribution in [0.2, 0.25) is 0 Å². The van der Waals surface area contributed by atoms with Gasteiger partial charge in [-0.25, -0.2) is 0 Å². The molecule has 0 saturated carbocycles. The molecule has 56 valence electrons. The first-order valence-electron chi connectivity index (χ1n) is 2.30. The van der Waals surface area contributed by atoms with E-state index < -0.39 is 25.4 Å². The Hall–Kier alpha value is 0.372. The highest BCUT2D eigenvalue weighted by Crippen LogP contribution is 1.93. The Bertz CT molecular complexity index is 58.6. The van der Waals surface area contributed by atoms with Crippen molar-refractivity contribution in [2.45, 2.75) is 5.54 Å². The molecule has 0 aliphatic carbocycles. The van der Waals surface area contributed by atoms with Gasteiger partial charge in [0.15, 0.2) is 17.4 Å². The van der Waals surface area contributed by atoms with Crippen LogP contribution in [0.3, 0.4) is 0 Å². The molecule has 0 rings (SSSR count). The third-order valence-electron chi connectivity index (χ3n) is 0.945. The lowest BCUT2D eigenvalue weighted by Crippen LogP contribution is -2.50. The molecule has 0 spiro atoms. The van der Waals surface area contributed by atoms with Gasteiger partial charge < -0.3 is 21.1 Å². The highest BCUT2D eigenvalue weighted by Gasteiger charge is 2.20. The van der Waals surface area contributed by atoms with E-state index in [9.17, 15) is 0 Å². The van der Waals surface area contributed by atoms with Crippen LogP contribution in [0.1, 0.15) is 0 Å². The van der Waals surface area contributed by atoms with Crippen molar-refractivity contribution in [3.05, 3.63) is 0 Å². The highest BCUT2D eigenvalue weighted by molar-refractivity contribution is 5.75. The fraction of sp³-hybridized carbons (Fsp3) is 1.00. The molecular formula is C4H14AlNO3. The van der Waals surface area contributed by atoms with Gasteiger partial charge >= 0.3 is 0 Å². The second-order valence-corrected chi connectivity index (χ2v) is 1.84. The summed E-state index contributed by atoms with van der Waals surface area (Å²) in [5.74, 6) is 0. The molecule has 0 aliphatic heterocycles. The van der Waals surface area contributed by atoms with Crippen molar-refractivity contribution in [2.75, 3.05) is 19.8 Å². The van der Waals surface area contributed by atoms with Crippen molar-refractivity contribution < 1.29 is 15.3 Å². The molecule has 0 fully saturated rings. The van der Waals surface area contributed by atoms with E-state index in [1.54, 1.807) is 0 Å². The van der Waals surface area contributed by atoms with Crippen molar-refractivity contribution in [1.29, 1.82) is 0 Å². The fourth-order valence-electron chi connectivity index (χ4n) is 0.150. The van der Waals surface area contributed by atoms with Crippen LogP contribution < -0.4 is 5.73 Å². The maximum absolute atomic E-state index is 8.34. The fourth-order valence-corrected chi connectivity index (χ4v) is 0.150. The average Bonchev–Trinajstić information content (AvgIpc) is 1.87. The lowest BCUT2D eigenvalue weighted by molar-refractivity contribution is 0.0698. The van der Waals surface area contributed by atoms with E-state index in [0.717, 1.165) is 0 Å². The zero-order valence-electron chi connectivity index (χ0n) is 4.54. The van der Waals surface area contributed by atoms with Gasteiger partial charge in [0.1, 0.15) is 0 Å². The Balaban J connectivity index is 0. The van der Waals surface area contributed by atoms with Crippen LogP contribution in [0.25, 0.3) is 0 Å². The normalized spacial score (nSPS) is 10.7. The Morgan fingerprint density at radius 3 is 1.22 bits per heavy atom. The number of hydrogen-bond donors (Lipinski definition) is 4. The van der Waals surface area contributed by atoms with Crippen LogP contribution in [0.5, 0.6) is 0 Å². The molecule has 0 radical (unpaired) electrons. The highest BCUT2D eigenvalue weighted by atomic mass is 27.0. The Morgan fingerprint density at radius 1 is 1.00 bits per heavy atom. The van der Waals surface area contributed by atoms with E-state index in [1.165, 1.54) is 0 Å². The SMILES string of the molecule is NC(CO)(CO)CO.[AlH3]. The number of aliphatic hydroxyl groups is 3. The second-order valence-electron chi connectivity index (χ2n) is 1.84. The molecule has 4 nitrogen and oxygen atoms in total. The molecule has 0 aromatic rings. The van der Waals surface area contributed by atoms with Crippen LogP contribution in [0.4, 0.5) is 0 Å². The summed E-state index contributed by atoms with van der Waals surface area (Å²) in [6.45, 7) is -1.21. The number of nitrogens with two attached hydrogens (primary N) is 1. The van der Waals surface area contributed by atoms with Gasteiger partial charge in [-0.15, -0.1) is 0 Å². The summed E-state index contributed by atoms with van der Waals surface area (Å²) in [5, 5.41) is 25.0. The van der Waals surface area contributed by atoms with Gasteiger partial charge in [0.2, 0.25) is 0 Å². The van der Waals surface area contributed by atoms with Crippen LogP contribution in [-0.4, -0.2) is 58.0 Å². The number of rotatable bonds is 3. The van der Waals surface area contributed by atoms with Crippen molar-refractivity contribution in [1.82, 2.24) is 0 Å². The van der Waals surface area contributed by atoms with Gasteiger partial charge in [-0.2, -0.15) is 0 Å². The first kappa shape index (κ1) is 12.1. The zero-order valence-corrected chi connectivity index (χ0v) is 4.54. The topological polar surface area (TPSA) is 86.7 Å². The molecule has 5 N–H and O–H groups in total. The third kappa shape index (κ3) is 3.87. The molecular weight excluding hydrogens is 137 g/mol. The van der Waals surface area contributed by atoms with Gasteiger partial charge in [0, 0.05) is 0 Å². The largest absolute Gasteiger partial charge is 0.394 e. The maximum Gasteiger partial charge on any atom is 0.187 e. The average molecular weight is 151 g/mol. The van der Waals surface area contributed by atoms with Gasteiger partial charge in [-0.1, -0.05) is 0 Å². The predicted molar refractivity (Wildman–Crippen MR) is 38.1 cm³/mol. The van der Waals surface area contributed by atoms with Crippen molar-refractivity contribution in [2.24, 2.45) is 5.73 Å². The molecule has 0 bridgehead atoms. The third-order valence-corrected chi connectivity index (χ3v) is 0.945. The first-order chi connectivity index (χ1) is 3.68. The van der Waals surface area contributed by atoms with Crippen LogP contribution >= 0.6 is 0 Å². The molecule has 0 aromatic carbocycles. The minimum Gasteiger partial charge on any atom is -0.394 e. The molecule has 9 heavy (non-hydrogen) atoms. The maximum atomic E-state index is 8.34. The van der Waals surface area contributed by atoms with Gasteiger partial charge in [0.05, 0.1) is 25.4 Å². The molecule has 5 heteroatoms. The molecule has 0 aliphatic rings. The summed E-state index contributed by atoms with van der Waals surface area (Å²) in [6, 6.07) is 0. The van der Waals surface area contributed by atoms with Crippen LogP contribution in [-0.2, 0) is 0 Å². The standard InChI is InChI=1S/C4H11NO3.Al.3H/c5-4(1-6,2-7)3-8;;;;/h6-8H,1-3,5H2;;;;. The van der Waals surface area contributed by atoms with E-state index in [4.69, 9.17) is 21.1 Å². The van der Waals surface area contributed by atoms with Gasteiger partial charge in [-0.3, -0.25) is 0 Å². The number of hydrogen-bond acceptors (Lipinski definition) is 4. The smallest absolute Gasteiger partial charge is 0.187 e. The van der Waals surface area contributed by atoms with E-state index in [-0.39, 0.29) is 17.4 Å². The minimum absolute atomic E-state index is 0. The summed E-state index contributed by atoms with van der Waals surface area (Å²) in [4.78, 5) is 0. The summed E-state index contributed by atoms with van der Waals surface area (Å²) in [6.07, 6.45) is 0. The van der Waals surface area contributed by atoms with Crippen molar-refractivity contribution >= 4 is 17.4 Å². The Morgan fingerprint density at radius 2 is 1.22 bits per heavy atom. The minimum atomic E-state index is -1.21. The molecule has 0 atom stereocenters. The van der Waals surface area contributed by atoms with Gasteiger partial charge in [-0.05, 0) is 0 Å². The first-order valence-corrected chi connectivity index (χ1v) is 2.30. The molecule has 0 heterocycles. The predicted octanol–water partition coefficient (Wildman–Crippen LogP) is -3.52. The van der Waals surface area contributed by atoms with E-state index in [0.29, 0.717) is 0 Å².